The molecule has 2 N–H and O–H groups in total. The summed E-state index contributed by atoms with van der Waals surface area (Å²) in [6.45, 7) is 13.7. The van der Waals surface area contributed by atoms with E-state index in [1.807, 2.05) is 66.6 Å². The molecule has 0 saturated carbocycles. The van der Waals surface area contributed by atoms with Crippen LogP contribution in [0.1, 0.15) is 47.1 Å². The zero-order valence-electron chi connectivity index (χ0n) is 16.4. The standard InChI is InChI=1S/C12H14N4OS.3C2H6/c1-7-10(14-6-15-11(7)17)9-8(16(2)3)4-5-13-12(9)18;3*1-2/h4-6H,1-3H3,(H,13,18)(H,14,15,17);3*1-2H3. The molecule has 2 heterocycles. The van der Waals surface area contributed by atoms with Gasteiger partial charge in [0.1, 0.15) is 4.64 Å². The van der Waals surface area contributed by atoms with E-state index in [1.165, 1.54) is 6.33 Å². The van der Waals surface area contributed by atoms with Crippen LogP contribution in [-0.2, 0) is 0 Å². The number of pyridine rings is 1. The number of hydrogen-bond acceptors (Lipinski definition) is 4. The van der Waals surface area contributed by atoms with Crippen molar-refractivity contribution in [3.8, 4) is 11.3 Å². The Bertz CT molecular complexity index is 690. The number of anilines is 1. The lowest BCUT2D eigenvalue weighted by Crippen LogP contribution is -2.15. The first-order valence-electron chi connectivity index (χ1n) is 8.46. The fourth-order valence-corrected chi connectivity index (χ4v) is 2.06. The molecule has 0 fully saturated rings. The van der Waals surface area contributed by atoms with Gasteiger partial charge in [0.2, 0.25) is 0 Å². The summed E-state index contributed by atoms with van der Waals surface area (Å²) in [6, 6.07) is 1.91. The Kier molecular flexibility index (Phi) is 13.7. The molecule has 0 aliphatic heterocycles. The van der Waals surface area contributed by atoms with Crippen LogP contribution in [0.5, 0.6) is 0 Å². The molecule has 5 nitrogen and oxygen atoms in total. The molecule has 0 aliphatic rings. The summed E-state index contributed by atoms with van der Waals surface area (Å²) < 4.78 is 0.572. The third-order valence-electron chi connectivity index (χ3n) is 2.74. The van der Waals surface area contributed by atoms with E-state index in [2.05, 4.69) is 15.0 Å². The number of aromatic nitrogens is 3. The summed E-state index contributed by atoms with van der Waals surface area (Å²) in [5.41, 5.74) is 2.74. The van der Waals surface area contributed by atoms with Crippen LogP contribution in [-0.4, -0.2) is 29.0 Å². The molecule has 24 heavy (non-hydrogen) atoms. The maximum atomic E-state index is 11.7. The first kappa shape index (κ1) is 24.3. The highest BCUT2D eigenvalue weighted by Crippen LogP contribution is 2.29. The van der Waals surface area contributed by atoms with E-state index >= 15 is 0 Å². The van der Waals surface area contributed by atoms with E-state index < -0.39 is 0 Å². The molecule has 0 atom stereocenters. The molecule has 6 heteroatoms. The first-order valence-corrected chi connectivity index (χ1v) is 8.87. The molecule has 136 valence electrons. The SMILES string of the molecule is CC.CC.CC.Cc1c(-c2c(N(C)C)cc[nH]c2=S)nc[nH]c1=O. The average Bonchev–Trinajstić information content (AvgIpc) is 2.63. The zero-order valence-corrected chi connectivity index (χ0v) is 17.3. The van der Waals surface area contributed by atoms with Crippen LogP contribution < -0.4 is 10.5 Å². The fourth-order valence-electron chi connectivity index (χ4n) is 1.79. The highest BCUT2D eigenvalue weighted by Gasteiger charge is 2.14. The van der Waals surface area contributed by atoms with Crippen LogP contribution in [0.15, 0.2) is 23.4 Å². The summed E-state index contributed by atoms with van der Waals surface area (Å²) >= 11 is 5.31. The van der Waals surface area contributed by atoms with Crippen LogP contribution in [0, 0.1) is 11.6 Å². The Morgan fingerprint density at radius 2 is 1.58 bits per heavy atom. The first-order chi connectivity index (χ1) is 11.5. The molecule has 0 saturated heterocycles. The van der Waals surface area contributed by atoms with Gasteiger partial charge in [0.05, 0.1) is 23.3 Å². The van der Waals surface area contributed by atoms with Gasteiger partial charge in [-0.25, -0.2) is 4.98 Å². The van der Waals surface area contributed by atoms with Gasteiger partial charge < -0.3 is 14.9 Å². The molecule has 2 aromatic rings. The van der Waals surface area contributed by atoms with Crippen molar-refractivity contribution in [2.75, 3.05) is 19.0 Å². The third kappa shape index (κ3) is 6.28. The molecule has 2 aromatic heterocycles. The van der Waals surface area contributed by atoms with E-state index in [9.17, 15) is 4.79 Å². The van der Waals surface area contributed by atoms with Crippen LogP contribution in [0.25, 0.3) is 11.3 Å². The number of nitrogens with zero attached hydrogens (tertiary/aromatic N) is 2. The highest BCUT2D eigenvalue weighted by atomic mass is 32.1. The van der Waals surface area contributed by atoms with Crippen LogP contribution >= 0.6 is 12.2 Å². The van der Waals surface area contributed by atoms with Gasteiger partial charge in [-0.05, 0) is 13.0 Å². The molecule has 0 amide bonds. The van der Waals surface area contributed by atoms with Gasteiger partial charge in [-0.1, -0.05) is 53.8 Å². The van der Waals surface area contributed by atoms with E-state index in [0.29, 0.717) is 15.9 Å². The Balaban J connectivity index is 0. The Morgan fingerprint density at radius 1 is 1.04 bits per heavy atom. The number of nitrogens with one attached hydrogen (secondary N) is 2. The van der Waals surface area contributed by atoms with Crippen molar-refractivity contribution < 1.29 is 0 Å². The van der Waals surface area contributed by atoms with Crippen molar-refractivity contribution in [1.82, 2.24) is 15.0 Å². The second kappa shape index (κ2) is 13.5. The van der Waals surface area contributed by atoms with Gasteiger partial charge in [-0.15, -0.1) is 0 Å². The molecular weight excluding hydrogens is 320 g/mol. The lowest BCUT2D eigenvalue weighted by Gasteiger charge is -2.17. The Labute approximate surface area is 151 Å². The summed E-state index contributed by atoms with van der Waals surface area (Å²) in [5.74, 6) is 0. The molecule has 2 rings (SSSR count). The normalized spacial score (nSPS) is 8.54. The molecule has 0 radical (unpaired) electrons. The molecule has 0 aliphatic carbocycles. The molecule has 0 aromatic carbocycles. The lowest BCUT2D eigenvalue weighted by atomic mass is 10.1. The van der Waals surface area contributed by atoms with E-state index in [-0.39, 0.29) is 5.56 Å². The predicted molar refractivity (Wildman–Crippen MR) is 109 cm³/mol. The fraction of sp³-hybridized carbons (Fsp3) is 0.500. The predicted octanol–water partition coefficient (Wildman–Crippen LogP) is 4.95. The number of hydrogen-bond donors (Lipinski definition) is 2. The maximum absolute atomic E-state index is 11.7. The van der Waals surface area contributed by atoms with Crippen molar-refractivity contribution in [1.29, 1.82) is 0 Å². The van der Waals surface area contributed by atoms with E-state index in [4.69, 9.17) is 12.2 Å². The van der Waals surface area contributed by atoms with Crippen molar-refractivity contribution >= 4 is 17.9 Å². The van der Waals surface area contributed by atoms with Crippen LogP contribution in [0.4, 0.5) is 5.69 Å². The molecular formula is C18H32N4OS. The second-order valence-electron chi connectivity index (χ2n) is 4.17. The van der Waals surface area contributed by atoms with E-state index in [0.717, 1.165) is 11.3 Å². The van der Waals surface area contributed by atoms with Gasteiger partial charge in [-0.2, -0.15) is 0 Å². The largest absolute Gasteiger partial charge is 0.377 e. The number of H-pyrrole nitrogens is 2. The number of rotatable bonds is 2. The van der Waals surface area contributed by atoms with Crippen LogP contribution in [0.2, 0.25) is 0 Å². The van der Waals surface area contributed by atoms with E-state index in [1.54, 1.807) is 13.1 Å². The van der Waals surface area contributed by atoms with Gasteiger partial charge in [0, 0.05) is 25.9 Å². The van der Waals surface area contributed by atoms with Gasteiger partial charge >= 0.3 is 0 Å². The van der Waals surface area contributed by atoms with Crippen LogP contribution in [0.3, 0.4) is 0 Å². The quantitative estimate of drug-likeness (QED) is 0.751. The summed E-state index contributed by atoms with van der Waals surface area (Å²) in [7, 11) is 3.85. The van der Waals surface area contributed by atoms with Gasteiger partial charge in [0.15, 0.2) is 0 Å². The van der Waals surface area contributed by atoms with Crippen molar-refractivity contribution in [3.63, 3.8) is 0 Å². The smallest absolute Gasteiger partial charge is 0.254 e. The maximum Gasteiger partial charge on any atom is 0.254 e. The Hall–Kier alpha value is -1.95. The van der Waals surface area contributed by atoms with Crippen molar-refractivity contribution in [3.05, 3.63) is 39.1 Å². The topological polar surface area (TPSA) is 64.8 Å². The monoisotopic (exact) mass is 352 g/mol. The third-order valence-corrected chi connectivity index (χ3v) is 3.06. The summed E-state index contributed by atoms with van der Waals surface area (Å²) in [4.78, 5) is 23.4. The minimum Gasteiger partial charge on any atom is -0.377 e. The summed E-state index contributed by atoms with van der Waals surface area (Å²) in [5, 5.41) is 0. The summed E-state index contributed by atoms with van der Waals surface area (Å²) in [6.07, 6.45) is 3.18. The van der Waals surface area contributed by atoms with Gasteiger partial charge in [-0.3, -0.25) is 4.79 Å². The molecule has 0 spiro atoms. The Morgan fingerprint density at radius 3 is 2.08 bits per heavy atom. The van der Waals surface area contributed by atoms with Gasteiger partial charge in [0.25, 0.3) is 5.56 Å². The minimum atomic E-state index is -0.150. The second-order valence-corrected chi connectivity index (χ2v) is 4.57. The minimum absolute atomic E-state index is 0.150. The lowest BCUT2D eigenvalue weighted by molar-refractivity contribution is 1.06. The molecule has 0 unspecified atom stereocenters. The average molecular weight is 353 g/mol. The van der Waals surface area contributed by atoms with Crippen molar-refractivity contribution in [2.45, 2.75) is 48.5 Å². The highest BCUT2D eigenvalue weighted by molar-refractivity contribution is 7.71. The molecule has 0 bridgehead atoms. The number of aromatic amines is 2. The zero-order chi connectivity index (χ0) is 19.3. The van der Waals surface area contributed by atoms with Crippen molar-refractivity contribution in [2.24, 2.45) is 0 Å².